The van der Waals surface area contributed by atoms with E-state index < -0.39 is 24.3 Å². The van der Waals surface area contributed by atoms with Gasteiger partial charge in [0.05, 0.1) is 0 Å². The molecule has 4 rings (SSSR count). The lowest BCUT2D eigenvalue weighted by atomic mass is 9.69. The molecule has 0 spiro atoms. The molecule has 1 saturated carbocycles. The lowest BCUT2D eigenvalue weighted by molar-refractivity contribution is -0.193. The van der Waals surface area contributed by atoms with Crippen LogP contribution in [0.3, 0.4) is 0 Å². The van der Waals surface area contributed by atoms with E-state index in [2.05, 4.69) is 47.2 Å². The number of likely N-dealkylation sites (N-methyl/N-ethyl adjacent to an activating group) is 1. The zero-order valence-corrected chi connectivity index (χ0v) is 18.6. The Kier molecular flexibility index (Phi) is 8.98. The molecule has 1 aromatic carbocycles. The van der Waals surface area contributed by atoms with Crippen molar-refractivity contribution in [1.82, 2.24) is 9.80 Å². The predicted octanol–water partition coefficient (Wildman–Crippen LogP) is 4.01. The quantitative estimate of drug-likeness (QED) is 0.613. The van der Waals surface area contributed by atoms with Gasteiger partial charge in [-0.2, -0.15) is 26.3 Å². The van der Waals surface area contributed by atoms with Gasteiger partial charge in [-0.25, -0.2) is 9.59 Å². The number of halogens is 6. The minimum atomic E-state index is -5.08. The SMILES string of the molecule is CN1CCC2(c3ccccc3)CCN(CC3CC3)CC12.O=C(O)C(F)(F)F.O=C(O)C(F)(F)F. The Morgan fingerprint density at radius 1 is 0.941 bits per heavy atom. The van der Waals surface area contributed by atoms with Crippen LogP contribution in [0.2, 0.25) is 0 Å². The van der Waals surface area contributed by atoms with Crippen molar-refractivity contribution in [2.24, 2.45) is 5.92 Å². The van der Waals surface area contributed by atoms with E-state index in [0.29, 0.717) is 5.41 Å². The van der Waals surface area contributed by atoms with E-state index in [0.717, 1.165) is 12.0 Å². The first kappa shape index (κ1) is 27.9. The summed E-state index contributed by atoms with van der Waals surface area (Å²) in [6.45, 7) is 5.20. The molecule has 3 fully saturated rings. The van der Waals surface area contributed by atoms with Crippen LogP contribution in [0.15, 0.2) is 30.3 Å². The van der Waals surface area contributed by atoms with Gasteiger partial charge in [-0.1, -0.05) is 30.3 Å². The number of carboxylic acid groups (broad SMARTS) is 2. The van der Waals surface area contributed by atoms with Crippen LogP contribution in [0.5, 0.6) is 0 Å². The maximum atomic E-state index is 10.6. The van der Waals surface area contributed by atoms with E-state index in [-0.39, 0.29) is 0 Å². The zero-order valence-electron chi connectivity index (χ0n) is 18.6. The van der Waals surface area contributed by atoms with Gasteiger partial charge < -0.3 is 20.0 Å². The molecule has 0 aromatic heterocycles. The summed E-state index contributed by atoms with van der Waals surface area (Å²) in [5, 5.41) is 14.2. The van der Waals surface area contributed by atoms with Crippen molar-refractivity contribution in [1.29, 1.82) is 0 Å². The molecule has 1 aromatic rings. The molecule has 2 aliphatic heterocycles. The maximum absolute atomic E-state index is 10.6. The summed E-state index contributed by atoms with van der Waals surface area (Å²) in [5.41, 5.74) is 2.01. The first-order valence-corrected chi connectivity index (χ1v) is 10.7. The molecule has 12 heteroatoms. The number of rotatable bonds is 3. The number of carboxylic acids is 2. The number of nitrogens with zero attached hydrogens (tertiary/aromatic N) is 2. The zero-order chi connectivity index (χ0) is 25.7. The maximum Gasteiger partial charge on any atom is 0.490 e. The summed E-state index contributed by atoms with van der Waals surface area (Å²) in [6.07, 6.45) is -4.53. The number of likely N-dealkylation sites (tertiary alicyclic amines) is 2. The average molecular weight is 498 g/mol. The second-order valence-corrected chi connectivity index (χ2v) is 8.83. The van der Waals surface area contributed by atoms with Crippen LogP contribution in [0.25, 0.3) is 0 Å². The van der Waals surface area contributed by atoms with Crippen LogP contribution in [0.1, 0.15) is 31.2 Å². The molecule has 3 aliphatic rings. The summed E-state index contributed by atoms with van der Waals surface area (Å²) in [4.78, 5) is 23.2. The molecular weight excluding hydrogens is 470 g/mol. The molecule has 2 N–H and O–H groups in total. The number of fused-ring (bicyclic) bond motifs is 1. The molecule has 0 amide bonds. The van der Waals surface area contributed by atoms with E-state index in [1.807, 2.05) is 0 Å². The van der Waals surface area contributed by atoms with Crippen LogP contribution < -0.4 is 0 Å². The fourth-order valence-corrected chi connectivity index (χ4v) is 4.50. The van der Waals surface area contributed by atoms with Gasteiger partial charge in [0.2, 0.25) is 0 Å². The van der Waals surface area contributed by atoms with Crippen molar-refractivity contribution in [2.75, 3.05) is 33.2 Å². The molecule has 0 radical (unpaired) electrons. The normalized spacial score (nSPS) is 25.3. The molecule has 34 heavy (non-hydrogen) atoms. The van der Waals surface area contributed by atoms with Crippen LogP contribution in [0, 0.1) is 5.92 Å². The second-order valence-electron chi connectivity index (χ2n) is 8.83. The van der Waals surface area contributed by atoms with Crippen LogP contribution in [0.4, 0.5) is 26.3 Å². The Bertz CT molecular complexity index is 805. The van der Waals surface area contributed by atoms with Gasteiger partial charge in [0.25, 0.3) is 0 Å². The summed E-state index contributed by atoms with van der Waals surface area (Å²) in [6, 6.07) is 12.0. The van der Waals surface area contributed by atoms with Crippen molar-refractivity contribution >= 4 is 11.9 Å². The van der Waals surface area contributed by atoms with Gasteiger partial charge in [0.15, 0.2) is 0 Å². The van der Waals surface area contributed by atoms with Crippen molar-refractivity contribution < 1.29 is 46.1 Å². The highest BCUT2D eigenvalue weighted by Gasteiger charge is 2.50. The molecule has 2 atom stereocenters. The number of carbonyl (C=O) groups is 2. The van der Waals surface area contributed by atoms with Crippen LogP contribution >= 0.6 is 0 Å². The molecule has 1 aliphatic carbocycles. The van der Waals surface area contributed by atoms with Crippen LogP contribution in [-0.2, 0) is 15.0 Å². The summed E-state index contributed by atoms with van der Waals surface area (Å²) >= 11 is 0. The third-order valence-corrected chi connectivity index (χ3v) is 6.43. The number of hydrogen-bond acceptors (Lipinski definition) is 4. The van der Waals surface area contributed by atoms with Gasteiger partial charge in [0, 0.05) is 24.5 Å². The van der Waals surface area contributed by atoms with Crippen molar-refractivity contribution in [3.05, 3.63) is 35.9 Å². The molecule has 0 bridgehead atoms. The third kappa shape index (κ3) is 7.59. The van der Waals surface area contributed by atoms with E-state index in [4.69, 9.17) is 19.8 Å². The Morgan fingerprint density at radius 3 is 1.85 bits per heavy atom. The third-order valence-electron chi connectivity index (χ3n) is 6.43. The Labute approximate surface area is 193 Å². The highest BCUT2D eigenvalue weighted by Crippen LogP contribution is 2.45. The lowest BCUT2D eigenvalue weighted by Crippen LogP contribution is -2.55. The molecule has 2 heterocycles. The number of alkyl halides is 6. The van der Waals surface area contributed by atoms with Gasteiger partial charge in [-0.15, -0.1) is 0 Å². The molecular formula is C22H28F6N2O4. The van der Waals surface area contributed by atoms with E-state index >= 15 is 0 Å². The minimum Gasteiger partial charge on any atom is -0.475 e. The summed E-state index contributed by atoms with van der Waals surface area (Å²) in [5.74, 6) is -4.49. The molecule has 6 nitrogen and oxygen atoms in total. The predicted molar refractivity (Wildman–Crippen MR) is 110 cm³/mol. The van der Waals surface area contributed by atoms with E-state index in [1.54, 1.807) is 5.56 Å². The van der Waals surface area contributed by atoms with E-state index in [1.165, 1.54) is 51.9 Å². The fraction of sp³-hybridized carbons (Fsp3) is 0.636. The topological polar surface area (TPSA) is 81.1 Å². The minimum absolute atomic E-state index is 0.427. The molecule has 2 unspecified atom stereocenters. The first-order valence-electron chi connectivity index (χ1n) is 10.7. The average Bonchev–Trinajstić information content (AvgIpc) is 3.50. The lowest BCUT2D eigenvalue weighted by Gasteiger charge is -2.46. The van der Waals surface area contributed by atoms with Crippen LogP contribution in [-0.4, -0.2) is 83.6 Å². The highest BCUT2D eigenvalue weighted by atomic mass is 19.4. The standard InChI is InChI=1S/C18H26N2.2C2HF3O2/c1-19-11-9-18(16-5-3-2-4-6-16)10-12-20(14-17(18)19)13-15-7-8-15;2*3-2(4,5)1(6)7/h2-6,15,17H,7-14H2,1H3;2*(H,6,7). The number of aliphatic carboxylic acids is 2. The highest BCUT2D eigenvalue weighted by molar-refractivity contribution is 5.73. The van der Waals surface area contributed by atoms with Gasteiger partial charge in [0.1, 0.15) is 0 Å². The van der Waals surface area contributed by atoms with Crippen molar-refractivity contribution in [3.8, 4) is 0 Å². The van der Waals surface area contributed by atoms with Gasteiger partial charge in [-0.3, -0.25) is 0 Å². The van der Waals surface area contributed by atoms with E-state index in [9.17, 15) is 26.3 Å². The largest absolute Gasteiger partial charge is 0.490 e. The van der Waals surface area contributed by atoms with Gasteiger partial charge in [-0.05, 0) is 57.3 Å². The second kappa shape index (κ2) is 10.9. The van der Waals surface area contributed by atoms with Crippen molar-refractivity contribution in [2.45, 2.75) is 49.5 Å². The molecule has 2 saturated heterocycles. The fourth-order valence-electron chi connectivity index (χ4n) is 4.50. The Morgan fingerprint density at radius 2 is 1.41 bits per heavy atom. The smallest absolute Gasteiger partial charge is 0.475 e. The first-order chi connectivity index (χ1) is 15.7. The number of benzene rings is 1. The van der Waals surface area contributed by atoms with Gasteiger partial charge >= 0.3 is 24.3 Å². The Hall–Kier alpha value is -2.34. The summed E-state index contributed by atoms with van der Waals surface area (Å²) < 4.78 is 63.5. The monoisotopic (exact) mass is 498 g/mol. The summed E-state index contributed by atoms with van der Waals surface area (Å²) in [7, 11) is 2.33. The Balaban J connectivity index is 0.000000244. The number of piperidine rings is 1. The molecule has 192 valence electrons. The van der Waals surface area contributed by atoms with Crippen molar-refractivity contribution in [3.63, 3.8) is 0 Å². The number of hydrogen-bond donors (Lipinski definition) is 2.